The van der Waals surface area contributed by atoms with Crippen LogP contribution in [0, 0.1) is 17.2 Å². The van der Waals surface area contributed by atoms with Crippen LogP contribution in [0.15, 0.2) is 36.6 Å². The van der Waals surface area contributed by atoms with Gasteiger partial charge < -0.3 is 4.74 Å². The summed E-state index contributed by atoms with van der Waals surface area (Å²) < 4.78 is 5.92. The molecule has 1 aliphatic carbocycles. The first-order valence-corrected chi connectivity index (χ1v) is 9.55. The summed E-state index contributed by atoms with van der Waals surface area (Å²) in [6, 6.07) is 10.3. The predicted octanol–water partition coefficient (Wildman–Crippen LogP) is 6.33. The summed E-state index contributed by atoms with van der Waals surface area (Å²) in [6.07, 6.45) is 14.3. The molecule has 0 aliphatic heterocycles. The van der Waals surface area contributed by atoms with Crippen molar-refractivity contribution in [2.75, 3.05) is 0 Å². The predicted molar refractivity (Wildman–Crippen MR) is 99.7 cm³/mol. The highest BCUT2D eigenvalue weighted by molar-refractivity contribution is 5.33. The van der Waals surface area contributed by atoms with Crippen molar-refractivity contribution >= 4 is 0 Å². The van der Waals surface area contributed by atoms with Crippen molar-refractivity contribution in [1.29, 1.82) is 5.26 Å². The van der Waals surface area contributed by atoms with Crippen molar-refractivity contribution in [3.8, 4) is 6.07 Å². The fraction of sp³-hybridized carbons (Fsp3) is 0.591. The summed E-state index contributed by atoms with van der Waals surface area (Å²) in [5.74, 6) is 1.31. The van der Waals surface area contributed by atoms with Crippen LogP contribution in [0.5, 0.6) is 0 Å². The lowest BCUT2D eigenvalue weighted by Crippen LogP contribution is -2.24. The van der Waals surface area contributed by atoms with Gasteiger partial charge in [-0.25, -0.2) is 0 Å². The van der Waals surface area contributed by atoms with Crippen LogP contribution in [0.25, 0.3) is 0 Å². The third-order valence-electron chi connectivity index (χ3n) is 5.31. The minimum Gasteiger partial charge on any atom is -0.498 e. The van der Waals surface area contributed by atoms with Crippen LogP contribution >= 0.6 is 0 Å². The molecule has 0 spiro atoms. The van der Waals surface area contributed by atoms with Gasteiger partial charge in [0, 0.05) is 0 Å². The van der Waals surface area contributed by atoms with E-state index >= 15 is 0 Å². The van der Waals surface area contributed by atoms with Crippen LogP contribution in [-0.2, 0) is 4.74 Å². The zero-order valence-electron chi connectivity index (χ0n) is 15.2. The maximum absolute atomic E-state index is 8.90. The van der Waals surface area contributed by atoms with Gasteiger partial charge in [0.05, 0.1) is 24.0 Å². The molecule has 0 amide bonds. The Bertz CT molecular complexity index is 532. The van der Waals surface area contributed by atoms with Crippen LogP contribution < -0.4 is 0 Å². The lowest BCUT2D eigenvalue weighted by molar-refractivity contribution is 0.0775. The summed E-state index contributed by atoms with van der Waals surface area (Å²) in [6.45, 7) is 4.44. The molecule has 0 aromatic heterocycles. The zero-order chi connectivity index (χ0) is 17.2. The Morgan fingerprint density at radius 2 is 1.88 bits per heavy atom. The van der Waals surface area contributed by atoms with Crippen LogP contribution in [0.1, 0.15) is 82.3 Å². The van der Waals surface area contributed by atoms with Crippen molar-refractivity contribution in [2.45, 2.75) is 77.2 Å². The molecule has 1 fully saturated rings. The van der Waals surface area contributed by atoms with E-state index in [0.29, 0.717) is 17.9 Å². The summed E-state index contributed by atoms with van der Waals surface area (Å²) in [5.41, 5.74) is 2.14. The third kappa shape index (κ3) is 5.71. The van der Waals surface area contributed by atoms with Crippen LogP contribution in [0.2, 0.25) is 0 Å². The first kappa shape index (κ1) is 18.6. The quantitative estimate of drug-likeness (QED) is 0.413. The van der Waals surface area contributed by atoms with E-state index in [1.807, 2.05) is 18.4 Å². The average Bonchev–Trinajstić information content (AvgIpc) is 2.64. The maximum Gasteiger partial charge on any atom is 0.0991 e. The SMILES string of the molecule is CCCCCC=COC(C)C1CCC(c2ccc(C#N)cc2)CC1. The molecule has 1 aliphatic rings. The smallest absolute Gasteiger partial charge is 0.0991 e. The number of allylic oxidation sites excluding steroid dienone is 1. The highest BCUT2D eigenvalue weighted by Gasteiger charge is 2.26. The van der Waals surface area contributed by atoms with Crippen LogP contribution in [-0.4, -0.2) is 6.10 Å². The van der Waals surface area contributed by atoms with Gasteiger partial charge in [-0.1, -0.05) is 31.9 Å². The van der Waals surface area contributed by atoms with E-state index in [4.69, 9.17) is 10.00 Å². The molecule has 1 atom stereocenters. The first-order chi connectivity index (χ1) is 11.7. The van der Waals surface area contributed by atoms with Crippen molar-refractivity contribution in [2.24, 2.45) is 5.92 Å². The molecule has 0 heterocycles. The van der Waals surface area contributed by atoms with E-state index in [9.17, 15) is 0 Å². The normalized spacial score (nSPS) is 22.2. The fourth-order valence-corrected chi connectivity index (χ4v) is 3.62. The third-order valence-corrected chi connectivity index (χ3v) is 5.31. The molecule has 2 nitrogen and oxygen atoms in total. The minimum atomic E-state index is 0.314. The molecule has 0 bridgehead atoms. The molecular formula is C22H31NO. The molecule has 1 saturated carbocycles. The van der Waals surface area contributed by atoms with Gasteiger partial charge in [-0.15, -0.1) is 0 Å². The second-order valence-electron chi connectivity index (χ2n) is 7.05. The number of nitrogens with zero attached hydrogens (tertiary/aromatic N) is 1. The molecule has 0 radical (unpaired) electrons. The van der Waals surface area contributed by atoms with Gasteiger partial charge in [0.1, 0.15) is 0 Å². The lowest BCUT2D eigenvalue weighted by atomic mass is 9.77. The van der Waals surface area contributed by atoms with E-state index in [2.05, 4.69) is 38.1 Å². The summed E-state index contributed by atoms with van der Waals surface area (Å²) >= 11 is 0. The molecule has 2 heteroatoms. The molecule has 1 aromatic carbocycles. The van der Waals surface area contributed by atoms with E-state index in [1.54, 1.807) is 0 Å². The van der Waals surface area contributed by atoms with Gasteiger partial charge in [0.25, 0.3) is 0 Å². The highest BCUT2D eigenvalue weighted by atomic mass is 16.5. The molecule has 0 N–H and O–H groups in total. The van der Waals surface area contributed by atoms with Crippen LogP contribution in [0.4, 0.5) is 0 Å². The van der Waals surface area contributed by atoms with Gasteiger partial charge in [-0.3, -0.25) is 0 Å². The Labute approximate surface area is 147 Å². The second kappa shape index (κ2) is 10.2. The number of benzene rings is 1. The van der Waals surface area contributed by atoms with E-state index < -0.39 is 0 Å². The standard InChI is InChI=1S/C22H31NO/c1-3-4-5-6-7-16-24-18(2)20-12-14-22(15-13-20)21-10-8-19(17-23)9-11-21/h7-11,16,18,20,22H,3-6,12-15H2,1-2H3. The second-order valence-corrected chi connectivity index (χ2v) is 7.05. The minimum absolute atomic E-state index is 0.314. The monoisotopic (exact) mass is 325 g/mol. The largest absolute Gasteiger partial charge is 0.498 e. The van der Waals surface area contributed by atoms with E-state index in [1.165, 1.54) is 50.5 Å². The molecule has 1 aromatic rings. The Balaban J connectivity index is 1.72. The Morgan fingerprint density at radius 3 is 2.50 bits per heavy atom. The van der Waals surface area contributed by atoms with E-state index in [-0.39, 0.29) is 0 Å². The van der Waals surface area contributed by atoms with Crippen molar-refractivity contribution in [1.82, 2.24) is 0 Å². The van der Waals surface area contributed by atoms with Gasteiger partial charge in [-0.05, 0) is 81.1 Å². The van der Waals surface area contributed by atoms with Gasteiger partial charge in [0.15, 0.2) is 0 Å². The summed E-state index contributed by atoms with van der Waals surface area (Å²) in [4.78, 5) is 0. The molecular weight excluding hydrogens is 294 g/mol. The van der Waals surface area contributed by atoms with Gasteiger partial charge >= 0.3 is 0 Å². The number of nitriles is 1. The molecule has 130 valence electrons. The Kier molecular flexibility index (Phi) is 7.89. The Hall–Kier alpha value is -1.75. The average molecular weight is 325 g/mol. The highest BCUT2D eigenvalue weighted by Crippen LogP contribution is 2.37. The van der Waals surface area contributed by atoms with Crippen molar-refractivity contribution < 1.29 is 4.74 Å². The van der Waals surface area contributed by atoms with Gasteiger partial charge in [0.2, 0.25) is 0 Å². The Morgan fingerprint density at radius 1 is 1.17 bits per heavy atom. The molecule has 2 rings (SSSR count). The molecule has 1 unspecified atom stereocenters. The van der Waals surface area contributed by atoms with Crippen molar-refractivity contribution in [3.63, 3.8) is 0 Å². The number of unbranched alkanes of at least 4 members (excludes halogenated alkanes) is 3. The number of ether oxygens (including phenoxy) is 1. The van der Waals surface area contributed by atoms with Crippen LogP contribution in [0.3, 0.4) is 0 Å². The lowest BCUT2D eigenvalue weighted by Gasteiger charge is -2.32. The number of rotatable bonds is 8. The molecule has 24 heavy (non-hydrogen) atoms. The fourth-order valence-electron chi connectivity index (χ4n) is 3.62. The zero-order valence-corrected chi connectivity index (χ0v) is 15.2. The first-order valence-electron chi connectivity index (χ1n) is 9.55. The van der Waals surface area contributed by atoms with E-state index in [0.717, 1.165) is 12.0 Å². The number of hydrogen-bond donors (Lipinski definition) is 0. The summed E-state index contributed by atoms with van der Waals surface area (Å²) in [7, 11) is 0. The number of hydrogen-bond acceptors (Lipinski definition) is 2. The van der Waals surface area contributed by atoms with Crippen molar-refractivity contribution in [3.05, 3.63) is 47.7 Å². The van der Waals surface area contributed by atoms with Gasteiger partial charge in [-0.2, -0.15) is 5.26 Å². The topological polar surface area (TPSA) is 33.0 Å². The summed E-state index contributed by atoms with van der Waals surface area (Å²) in [5, 5.41) is 8.90. The molecule has 0 saturated heterocycles. The maximum atomic E-state index is 8.90.